The number of rotatable bonds is 5. The van der Waals surface area contributed by atoms with E-state index >= 15 is 0 Å². The van der Waals surface area contributed by atoms with E-state index in [9.17, 15) is 9.59 Å². The molecule has 2 unspecified atom stereocenters. The third kappa shape index (κ3) is 4.39. The maximum absolute atomic E-state index is 11.8. The van der Waals surface area contributed by atoms with Gasteiger partial charge in [0.05, 0.1) is 6.04 Å². The maximum atomic E-state index is 11.8. The average molecular weight is 288 g/mol. The van der Waals surface area contributed by atoms with Crippen LogP contribution < -0.4 is 10.6 Å². The summed E-state index contributed by atoms with van der Waals surface area (Å²) in [5, 5.41) is 5.68. The number of amides is 2. The normalized spacial score (nSPS) is 20.5. The molecule has 4 nitrogen and oxygen atoms in total. The molecule has 2 amide bonds. The standard InChI is InChI=1S/C17H24N2O2/c1-11(2)10-13-4-6-14(7-5-13)12(3)18-15-8-9-16(20)19-17(15)21/h4-7,11-12,15,18H,8-10H2,1-3H3,(H,19,20,21). The van der Waals surface area contributed by atoms with Crippen molar-refractivity contribution in [1.82, 2.24) is 10.6 Å². The van der Waals surface area contributed by atoms with Crippen LogP contribution in [-0.2, 0) is 16.0 Å². The number of nitrogens with one attached hydrogen (secondary N) is 2. The molecule has 0 radical (unpaired) electrons. The second-order valence-electron chi connectivity index (χ2n) is 6.23. The van der Waals surface area contributed by atoms with Crippen LogP contribution in [0.3, 0.4) is 0 Å². The van der Waals surface area contributed by atoms with Crippen LogP contribution in [-0.4, -0.2) is 17.9 Å². The zero-order valence-electron chi connectivity index (χ0n) is 13.0. The minimum atomic E-state index is -0.284. The minimum absolute atomic E-state index is 0.0852. The Bertz CT molecular complexity index is 508. The Hall–Kier alpha value is -1.68. The lowest BCUT2D eigenvalue weighted by Crippen LogP contribution is -2.51. The van der Waals surface area contributed by atoms with Gasteiger partial charge in [-0.25, -0.2) is 0 Å². The van der Waals surface area contributed by atoms with Gasteiger partial charge < -0.3 is 0 Å². The van der Waals surface area contributed by atoms with E-state index in [0.29, 0.717) is 18.8 Å². The molecule has 1 aliphatic rings. The first-order chi connectivity index (χ1) is 9.95. The lowest BCUT2D eigenvalue weighted by atomic mass is 9.98. The quantitative estimate of drug-likeness (QED) is 0.818. The van der Waals surface area contributed by atoms with Crippen molar-refractivity contribution in [3.63, 3.8) is 0 Å². The number of imide groups is 1. The van der Waals surface area contributed by atoms with Gasteiger partial charge in [-0.2, -0.15) is 0 Å². The van der Waals surface area contributed by atoms with E-state index in [1.807, 2.05) is 6.92 Å². The molecular formula is C17H24N2O2. The Balaban J connectivity index is 1.95. The van der Waals surface area contributed by atoms with Crippen LogP contribution in [0.5, 0.6) is 0 Å². The Morgan fingerprint density at radius 2 is 1.86 bits per heavy atom. The van der Waals surface area contributed by atoms with E-state index in [-0.39, 0.29) is 23.9 Å². The average Bonchev–Trinajstić information content (AvgIpc) is 2.42. The highest BCUT2D eigenvalue weighted by atomic mass is 16.2. The van der Waals surface area contributed by atoms with Crippen molar-refractivity contribution < 1.29 is 9.59 Å². The molecule has 4 heteroatoms. The summed E-state index contributed by atoms with van der Waals surface area (Å²) in [6, 6.07) is 8.33. The van der Waals surface area contributed by atoms with Gasteiger partial charge in [-0.1, -0.05) is 38.1 Å². The van der Waals surface area contributed by atoms with Crippen molar-refractivity contribution in [1.29, 1.82) is 0 Å². The first-order valence-electron chi connectivity index (χ1n) is 7.64. The summed E-state index contributed by atoms with van der Waals surface area (Å²) in [5.41, 5.74) is 2.49. The Labute approximate surface area is 126 Å². The minimum Gasteiger partial charge on any atom is -0.299 e. The van der Waals surface area contributed by atoms with Crippen molar-refractivity contribution in [3.8, 4) is 0 Å². The Kier molecular flexibility index (Phi) is 5.12. The number of hydrogen-bond acceptors (Lipinski definition) is 3. The fourth-order valence-electron chi connectivity index (χ4n) is 2.66. The summed E-state index contributed by atoms with van der Waals surface area (Å²) in [6.45, 7) is 6.46. The van der Waals surface area contributed by atoms with E-state index in [2.05, 4.69) is 48.7 Å². The molecule has 1 aromatic rings. The zero-order valence-corrected chi connectivity index (χ0v) is 13.0. The van der Waals surface area contributed by atoms with Gasteiger partial charge in [-0.15, -0.1) is 0 Å². The van der Waals surface area contributed by atoms with Crippen LogP contribution in [0.1, 0.15) is 50.8 Å². The lowest BCUT2D eigenvalue weighted by molar-refractivity contribution is -0.134. The fourth-order valence-corrected chi connectivity index (χ4v) is 2.66. The number of hydrogen-bond donors (Lipinski definition) is 2. The van der Waals surface area contributed by atoms with E-state index in [4.69, 9.17) is 0 Å². The highest BCUT2D eigenvalue weighted by Crippen LogP contribution is 2.17. The molecule has 1 heterocycles. The molecule has 1 aromatic carbocycles. The van der Waals surface area contributed by atoms with E-state index in [1.54, 1.807) is 0 Å². The van der Waals surface area contributed by atoms with Gasteiger partial charge in [0.25, 0.3) is 0 Å². The van der Waals surface area contributed by atoms with Crippen molar-refractivity contribution in [3.05, 3.63) is 35.4 Å². The molecule has 2 N–H and O–H groups in total. The zero-order chi connectivity index (χ0) is 15.4. The van der Waals surface area contributed by atoms with E-state index in [1.165, 1.54) is 5.56 Å². The summed E-state index contributed by atoms with van der Waals surface area (Å²) in [7, 11) is 0. The van der Waals surface area contributed by atoms with Crippen molar-refractivity contribution >= 4 is 11.8 Å². The summed E-state index contributed by atoms with van der Waals surface area (Å²) in [4.78, 5) is 22.9. The first-order valence-corrected chi connectivity index (χ1v) is 7.64. The summed E-state index contributed by atoms with van der Waals surface area (Å²) >= 11 is 0. The maximum Gasteiger partial charge on any atom is 0.243 e. The fraction of sp³-hybridized carbons (Fsp3) is 0.529. The number of carbonyl (C=O) groups excluding carboxylic acids is 2. The second-order valence-corrected chi connectivity index (χ2v) is 6.23. The molecule has 0 spiro atoms. The van der Waals surface area contributed by atoms with Gasteiger partial charge in [0, 0.05) is 12.5 Å². The number of carbonyl (C=O) groups is 2. The van der Waals surface area contributed by atoms with Crippen LogP contribution in [0.4, 0.5) is 0 Å². The second kappa shape index (κ2) is 6.85. The van der Waals surface area contributed by atoms with Gasteiger partial charge in [0.2, 0.25) is 11.8 Å². The largest absolute Gasteiger partial charge is 0.299 e. The van der Waals surface area contributed by atoms with E-state index < -0.39 is 0 Å². The lowest BCUT2D eigenvalue weighted by Gasteiger charge is -2.25. The molecule has 114 valence electrons. The highest BCUT2D eigenvalue weighted by Gasteiger charge is 2.27. The summed E-state index contributed by atoms with van der Waals surface area (Å²) < 4.78 is 0. The summed E-state index contributed by atoms with van der Waals surface area (Å²) in [5.74, 6) is 0.258. The Morgan fingerprint density at radius 3 is 2.43 bits per heavy atom. The van der Waals surface area contributed by atoms with Gasteiger partial charge >= 0.3 is 0 Å². The van der Waals surface area contributed by atoms with E-state index in [0.717, 1.165) is 12.0 Å². The molecule has 0 saturated carbocycles. The SMILES string of the molecule is CC(C)Cc1ccc(C(C)NC2CCC(=O)NC2=O)cc1. The number of piperidine rings is 1. The predicted octanol–water partition coefficient (Wildman–Crippen LogP) is 2.34. The molecule has 2 rings (SSSR count). The van der Waals surface area contributed by atoms with Crippen LogP contribution in [0, 0.1) is 5.92 Å². The summed E-state index contributed by atoms with van der Waals surface area (Å²) in [6.07, 6.45) is 2.05. The molecule has 0 aromatic heterocycles. The van der Waals surface area contributed by atoms with Crippen LogP contribution >= 0.6 is 0 Å². The Morgan fingerprint density at radius 1 is 1.19 bits per heavy atom. The molecule has 1 fully saturated rings. The molecule has 2 atom stereocenters. The monoisotopic (exact) mass is 288 g/mol. The smallest absolute Gasteiger partial charge is 0.243 e. The first kappa shape index (κ1) is 15.7. The van der Waals surface area contributed by atoms with Crippen molar-refractivity contribution in [2.45, 2.75) is 52.1 Å². The van der Waals surface area contributed by atoms with Crippen LogP contribution in [0.15, 0.2) is 24.3 Å². The third-order valence-corrected chi connectivity index (χ3v) is 3.81. The van der Waals surface area contributed by atoms with Crippen molar-refractivity contribution in [2.75, 3.05) is 0 Å². The van der Waals surface area contributed by atoms with Gasteiger partial charge in [0.15, 0.2) is 0 Å². The highest BCUT2D eigenvalue weighted by molar-refractivity contribution is 6.00. The molecule has 21 heavy (non-hydrogen) atoms. The molecule has 0 bridgehead atoms. The van der Waals surface area contributed by atoms with Gasteiger partial charge in [0.1, 0.15) is 0 Å². The van der Waals surface area contributed by atoms with Crippen LogP contribution in [0.2, 0.25) is 0 Å². The topological polar surface area (TPSA) is 58.2 Å². The van der Waals surface area contributed by atoms with Gasteiger partial charge in [-0.3, -0.25) is 20.2 Å². The van der Waals surface area contributed by atoms with Gasteiger partial charge in [-0.05, 0) is 36.8 Å². The third-order valence-electron chi connectivity index (χ3n) is 3.81. The predicted molar refractivity (Wildman–Crippen MR) is 82.7 cm³/mol. The molecule has 0 aliphatic carbocycles. The molecule has 1 aliphatic heterocycles. The molecular weight excluding hydrogens is 264 g/mol. The van der Waals surface area contributed by atoms with Crippen LogP contribution in [0.25, 0.3) is 0 Å². The van der Waals surface area contributed by atoms with Crippen molar-refractivity contribution in [2.24, 2.45) is 5.92 Å². The number of benzene rings is 1. The molecule has 1 saturated heterocycles.